The summed E-state index contributed by atoms with van der Waals surface area (Å²) in [6, 6.07) is 0.475. The molecule has 0 bridgehead atoms. The molecule has 2 saturated heterocycles. The van der Waals surface area contributed by atoms with E-state index in [2.05, 4.69) is 34.1 Å². The first-order chi connectivity index (χ1) is 10.1. The smallest absolute Gasteiger partial charge is 0.141 e. The van der Waals surface area contributed by atoms with E-state index in [0.29, 0.717) is 12.1 Å². The molecular weight excluding hydrogens is 284 g/mol. The monoisotopic (exact) mass is 304 g/mol. The standard InChI is InChI=1S/C15H20N4OS/c1-9-8-21-15-13(9)14(16-10(2)17-15)19-6-11-12(7-19)20-5-4-18(11)3/h8,11-12H,4-7H2,1-3H3. The van der Waals surface area contributed by atoms with Crippen LogP contribution in [0.3, 0.4) is 0 Å². The molecule has 2 atom stereocenters. The number of morpholine rings is 1. The fraction of sp³-hybridized carbons (Fsp3) is 0.600. The van der Waals surface area contributed by atoms with E-state index in [1.807, 2.05) is 6.92 Å². The van der Waals surface area contributed by atoms with Gasteiger partial charge in [-0.1, -0.05) is 0 Å². The van der Waals surface area contributed by atoms with Crippen molar-refractivity contribution in [2.75, 3.05) is 38.2 Å². The lowest BCUT2D eigenvalue weighted by molar-refractivity contribution is -0.0362. The van der Waals surface area contributed by atoms with Gasteiger partial charge in [0.05, 0.1) is 24.1 Å². The van der Waals surface area contributed by atoms with Crippen LogP contribution in [-0.2, 0) is 4.74 Å². The summed E-state index contributed by atoms with van der Waals surface area (Å²) in [5.74, 6) is 1.94. The zero-order valence-corrected chi connectivity index (χ0v) is 13.5. The molecule has 2 aromatic rings. The van der Waals surface area contributed by atoms with Gasteiger partial charge in [-0.3, -0.25) is 4.90 Å². The van der Waals surface area contributed by atoms with Crippen LogP contribution in [0.15, 0.2) is 5.38 Å². The van der Waals surface area contributed by atoms with Gasteiger partial charge in [0.2, 0.25) is 0 Å². The Morgan fingerprint density at radius 2 is 2.14 bits per heavy atom. The van der Waals surface area contributed by atoms with E-state index in [0.717, 1.165) is 42.7 Å². The van der Waals surface area contributed by atoms with E-state index < -0.39 is 0 Å². The first-order valence-electron chi connectivity index (χ1n) is 7.42. The summed E-state index contributed by atoms with van der Waals surface area (Å²) in [6.45, 7) is 7.89. The number of nitrogens with zero attached hydrogens (tertiary/aromatic N) is 4. The lowest BCUT2D eigenvalue weighted by atomic mass is 10.1. The fourth-order valence-corrected chi connectivity index (χ4v) is 4.39. The molecule has 5 nitrogen and oxygen atoms in total. The number of aryl methyl sites for hydroxylation is 2. The Labute approximate surface area is 128 Å². The molecule has 6 heteroatoms. The number of hydrogen-bond donors (Lipinski definition) is 0. The molecule has 4 rings (SSSR count). The van der Waals surface area contributed by atoms with E-state index >= 15 is 0 Å². The Bertz CT molecular complexity index is 686. The summed E-state index contributed by atoms with van der Waals surface area (Å²) >= 11 is 1.71. The van der Waals surface area contributed by atoms with Crippen LogP contribution in [-0.4, -0.2) is 60.3 Å². The van der Waals surface area contributed by atoms with Crippen LogP contribution in [0.5, 0.6) is 0 Å². The second kappa shape index (κ2) is 4.90. The van der Waals surface area contributed by atoms with Crippen molar-refractivity contribution in [3.8, 4) is 0 Å². The van der Waals surface area contributed by atoms with Crippen LogP contribution < -0.4 is 4.90 Å². The molecule has 2 unspecified atom stereocenters. The van der Waals surface area contributed by atoms with Crippen molar-refractivity contribution < 1.29 is 4.74 Å². The summed E-state index contributed by atoms with van der Waals surface area (Å²) in [4.78, 5) is 15.2. The molecule has 21 heavy (non-hydrogen) atoms. The lowest BCUT2D eigenvalue weighted by Gasteiger charge is -2.33. The van der Waals surface area contributed by atoms with Crippen molar-refractivity contribution in [3.05, 3.63) is 16.8 Å². The van der Waals surface area contributed by atoms with Crippen LogP contribution in [0.1, 0.15) is 11.4 Å². The van der Waals surface area contributed by atoms with Gasteiger partial charge >= 0.3 is 0 Å². The van der Waals surface area contributed by atoms with Gasteiger partial charge < -0.3 is 9.64 Å². The minimum atomic E-state index is 0.299. The van der Waals surface area contributed by atoms with Gasteiger partial charge in [0.1, 0.15) is 16.5 Å². The Hall–Kier alpha value is -1.24. The number of aromatic nitrogens is 2. The Morgan fingerprint density at radius 3 is 2.95 bits per heavy atom. The van der Waals surface area contributed by atoms with Crippen molar-refractivity contribution in [3.63, 3.8) is 0 Å². The molecule has 0 aromatic carbocycles. The third kappa shape index (κ3) is 2.13. The first-order valence-corrected chi connectivity index (χ1v) is 8.30. The minimum Gasteiger partial charge on any atom is -0.373 e. The number of anilines is 1. The third-order valence-corrected chi connectivity index (χ3v) is 5.58. The highest BCUT2D eigenvalue weighted by Crippen LogP contribution is 2.34. The Balaban J connectivity index is 1.75. The number of hydrogen-bond acceptors (Lipinski definition) is 6. The molecule has 0 radical (unpaired) electrons. The van der Waals surface area contributed by atoms with Crippen LogP contribution in [0, 0.1) is 13.8 Å². The summed E-state index contributed by atoms with van der Waals surface area (Å²) in [7, 11) is 2.19. The van der Waals surface area contributed by atoms with Gasteiger partial charge in [0.15, 0.2) is 0 Å². The van der Waals surface area contributed by atoms with E-state index in [1.165, 1.54) is 10.9 Å². The lowest BCUT2D eigenvalue weighted by Crippen LogP contribution is -2.48. The summed E-state index contributed by atoms with van der Waals surface area (Å²) in [6.07, 6.45) is 0.299. The second-order valence-corrected chi connectivity index (χ2v) is 6.91. The molecule has 0 aliphatic carbocycles. The number of rotatable bonds is 1. The molecule has 0 N–H and O–H groups in total. The highest BCUT2D eigenvalue weighted by atomic mass is 32.1. The zero-order chi connectivity index (χ0) is 14.6. The van der Waals surface area contributed by atoms with Gasteiger partial charge in [-0.15, -0.1) is 11.3 Å². The first kappa shape index (κ1) is 13.4. The van der Waals surface area contributed by atoms with Gasteiger partial charge in [0.25, 0.3) is 0 Å². The van der Waals surface area contributed by atoms with Gasteiger partial charge in [-0.05, 0) is 31.8 Å². The maximum absolute atomic E-state index is 5.95. The Morgan fingerprint density at radius 1 is 1.29 bits per heavy atom. The molecule has 0 spiro atoms. The van der Waals surface area contributed by atoms with E-state index in [9.17, 15) is 0 Å². The van der Waals surface area contributed by atoms with Crippen LogP contribution in [0.2, 0.25) is 0 Å². The average molecular weight is 304 g/mol. The van der Waals surface area contributed by atoms with E-state index in [-0.39, 0.29) is 0 Å². The number of likely N-dealkylation sites (N-methyl/N-ethyl adjacent to an activating group) is 1. The molecular formula is C15H20N4OS. The van der Waals surface area contributed by atoms with Crippen molar-refractivity contribution in [2.24, 2.45) is 0 Å². The number of ether oxygens (including phenoxy) is 1. The summed E-state index contributed by atoms with van der Waals surface area (Å²) in [5.41, 5.74) is 1.27. The second-order valence-electron chi connectivity index (χ2n) is 6.06. The molecule has 2 aliphatic rings. The SMILES string of the molecule is Cc1nc(N2CC3OCCN(C)C3C2)c2c(C)csc2n1. The molecule has 4 heterocycles. The van der Waals surface area contributed by atoms with Crippen molar-refractivity contribution >= 4 is 27.4 Å². The Kier molecular flexibility index (Phi) is 3.13. The van der Waals surface area contributed by atoms with Crippen LogP contribution >= 0.6 is 11.3 Å². The predicted molar refractivity (Wildman–Crippen MR) is 85.3 cm³/mol. The molecule has 0 amide bonds. The highest BCUT2D eigenvalue weighted by molar-refractivity contribution is 7.17. The largest absolute Gasteiger partial charge is 0.373 e. The maximum atomic E-state index is 5.95. The van der Waals surface area contributed by atoms with Crippen molar-refractivity contribution in [1.29, 1.82) is 0 Å². The van der Waals surface area contributed by atoms with Gasteiger partial charge in [0, 0.05) is 19.6 Å². The molecule has 2 aliphatic heterocycles. The average Bonchev–Trinajstić information content (AvgIpc) is 3.03. The van der Waals surface area contributed by atoms with Crippen LogP contribution in [0.4, 0.5) is 5.82 Å². The molecule has 112 valence electrons. The predicted octanol–water partition coefficient (Wildman–Crippen LogP) is 1.83. The van der Waals surface area contributed by atoms with E-state index in [4.69, 9.17) is 9.72 Å². The quantitative estimate of drug-likeness (QED) is 0.804. The van der Waals surface area contributed by atoms with Gasteiger partial charge in [-0.25, -0.2) is 9.97 Å². The molecule has 0 saturated carbocycles. The number of thiophene rings is 1. The highest BCUT2D eigenvalue weighted by Gasteiger charge is 2.39. The van der Waals surface area contributed by atoms with Crippen molar-refractivity contribution in [1.82, 2.24) is 14.9 Å². The number of fused-ring (bicyclic) bond motifs is 2. The van der Waals surface area contributed by atoms with Crippen molar-refractivity contribution in [2.45, 2.75) is 26.0 Å². The molecule has 2 aromatic heterocycles. The summed E-state index contributed by atoms with van der Waals surface area (Å²) in [5, 5.41) is 3.39. The third-order valence-electron chi connectivity index (χ3n) is 4.59. The fourth-order valence-electron chi connectivity index (χ4n) is 3.43. The normalized spacial score (nSPS) is 26.5. The van der Waals surface area contributed by atoms with Crippen LogP contribution in [0.25, 0.3) is 10.2 Å². The summed E-state index contributed by atoms with van der Waals surface area (Å²) < 4.78 is 5.95. The zero-order valence-electron chi connectivity index (χ0n) is 12.7. The minimum absolute atomic E-state index is 0.299. The maximum Gasteiger partial charge on any atom is 0.141 e. The van der Waals surface area contributed by atoms with E-state index in [1.54, 1.807) is 11.3 Å². The topological polar surface area (TPSA) is 41.5 Å². The van der Waals surface area contributed by atoms with Gasteiger partial charge in [-0.2, -0.15) is 0 Å². The molecule has 2 fully saturated rings.